The third kappa shape index (κ3) is 6.20. The van der Waals surface area contributed by atoms with Crippen LogP contribution in [0, 0.1) is 41.3 Å². The van der Waals surface area contributed by atoms with Gasteiger partial charge in [-0.25, -0.2) is 4.39 Å². The lowest BCUT2D eigenvalue weighted by Crippen LogP contribution is -2.58. The first-order chi connectivity index (χ1) is 14.6. The third-order valence-corrected chi connectivity index (χ3v) is 10.9. The Hall–Kier alpha value is -0.713. The molecular formula is C27H45FO2Si. The molecule has 0 saturated heterocycles. The van der Waals surface area contributed by atoms with E-state index in [9.17, 15) is 4.39 Å². The van der Waals surface area contributed by atoms with Gasteiger partial charge in [0, 0.05) is 0 Å². The van der Waals surface area contributed by atoms with Crippen LogP contribution >= 0.6 is 0 Å². The van der Waals surface area contributed by atoms with Gasteiger partial charge < -0.3 is 8.85 Å². The molecule has 2 aliphatic carbocycles. The normalized spacial score (nSPS) is 34.1. The molecule has 3 rings (SSSR count). The first kappa shape index (κ1) is 24.9. The van der Waals surface area contributed by atoms with Gasteiger partial charge >= 0.3 is 8.56 Å². The van der Waals surface area contributed by atoms with Crippen molar-refractivity contribution in [2.75, 3.05) is 0 Å². The van der Waals surface area contributed by atoms with E-state index in [2.05, 4.69) is 48.1 Å². The number of rotatable bonds is 7. The van der Waals surface area contributed by atoms with Crippen molar-refractivity contribution in [3.05, 3.63) is 30.1 Å². The van der Waals surface area contributed by atoms with Crippen molar-refractivity contribution in [1.29, 1.82) is 0 Å². The Kier molecular flexibility index (Phi) is 8.42. The van der Waals surface area contributed by atoms with Crippen LogP contribution in [0.15, 0.2) is 24.3 Å². The average Bonchev–Trinajstić information content (AvgIpc) is 2.68. The second-order valence-electron chi connectivity index (χ2n) is 11.4. The predicted molar refractivity (Wildman–Crippen MR) is 130 cm³/mol. The van der Waals surface area contributed by atoms with Crippen molar-refractivity contribution in [3.8, 4) is 0 Å². The fourth-order valence-electron chi connectivity index (χ4n) is 5.99. The van der Waals surface area contributed by atoms with Crippen LogP contribution in [-0.2, 0) is 8.85 Å². The smallest absolute Gasteiger partial charge is 0.369 e. The molecule has 0 aliphatic heterocycles. The van der Waals surface area contributed by atoms with Crippen LogP contribution in [-0.4, -0.2) is 20.8 Å². The van der Waals surface area contributed by atoms with Crippen molar-refractivity contribution in [2.45, 2.75) is 98.8 Å². The van der Waals surface area contributed by atoms with E-state index in [1.807, 2.05) is 12.1 Å². The molecule has 0 spiro atoms. The van der Waals surface area contributed by atoms with Crippen molar-refractivity contribution in [1.82, 2.24) is 0 Å². The molecule has 6 unspecified atom stereocenters. The number of benzene rings is 1. The molecule has 0 amide bonds. The highest BCUT2D eigenvalue weighted by Gasteiger charge is 2.45. The number of hydrogen-bond acceptors (Lipinski definition) is 2. The van der Waals surface area contributed by atoms with E-state index in [0.717, 1.165) is 18.0 Å². The molecule has 0 heterocycles. The van der Waals surface area contributed by atoms with Crippen LogP contribution in [0.1, 0.15) is 80.1 Å². The van der Waals surface area contributed by atoms with Gasteiger partial charge in [-0.05, 0) is 85.1 Å². The Labute approximate surface area is 191 Å². The Bertz CT molecular complexity index is 655. The van der Waals surface area contributed by atoms with Crippen molar-refractivity contribution in [3.63, 3.8) is 0 Å². The van der Waals surface area contributed by atoms with Gasteiger partial charge in [-0.2, -0.15) is 0 Å². The van der Waals surface area contributed by atoms with E-state index >= 15 is 0 Å². The maximum Gasteiger partial charge on any atom is 0.369 e. The molecule has 6 atom stereocenters. The summed E-state index contributed by atoms with van der Waals surface area (Å²) in [6.45, 7) is 16.2. The zero-order valence-corrected chi connectivity index (χ0v) is 21.9. The van der Waals surface area contributed by atoms with Gasteiger partial charge in [0.2, 0.25) is 0 Å². The van der Waals surface area contributed by atoms with Crippen LogP contribution < -0.4 is 5.19 Å². The topological polar surface area (TPSA) is 18.5 Å². The van der Waals surface area contributed by atoms with E-state index in [1.54, 1.807) is 12.1 Å². The quantitative estimate of drug-likeness (QED) is 0.416. The zero-order chi connectivity index (χ0) is 22.8. The summed E-state index contributed by atoms with van der Waals surface area (Å²) >= 11 is 0. The molecule has 31 heavy (non-hydrogen) atoms. The Morgan fingerprint density at radius 1 is 0.774 bits per heavy atom. The van der Waals surface area contributed by atoms with Gasteiger partial charge in [-0.3, -0.25) is 0 Å². The van der Waals surface area contributed by atoms with Crippen LogP contribution in [0.25, 0.3) is 0 Å². The molecule has 0 aromatic heterocycles. The first-order valence-corrected chi connectivity index (χ1v) is 15.0. The minimum Gasteiger partial charge on any atom is -0.388 e. The molecule has 2 saturated carbocycles. The molecular weight excluding hydrogens is 403 g/mol. The maximum absolute atomic E-state index is 13.8. The standard InChI is InChI=1S/C27H45FO2Si/c1-18(2)24-14-8-20(5)16-26(24)29-31(7,23-12-10-22(28)11-13-23)30-27-17-21(6)9-15-25(27)19(3)4/h10-13,18-21,24-27H,8-9,14-17H2,1-7H3. The van der Waals surface area contributed by atoms with E-state index in [1.165, 1.54) is 25.7 Å². The average molecular weight is 449 g/mol. The van der Waals surface area contributed by atoms with Crippen LogP contribution in [0.5, 0.6) is 0 Å². The third-order valence-electron chi connectivity index (χ3n) is 8.04. The second-order valence-corrected chi connectivity index (χ2v) is 14.4. The summed E-state index contributed by atoms with van der Waals surface area (Å²) in [7, 11) is -2.72. The Morgan fingerprint density at radius 3 is 1.58 bits per heavy atom. The fourth-order valence-corrected chi connectivity index (χ4v) is 8.79. The summed E-state index contributed by atoms with van der Waals surface area (Å²) in [5.41, 5.74) is 0. The summed E-state index contributed by atoms with van der Waals surface area (Å²) in [6.07, 6.45) is 7.68. The summed E-state index contributed by atoms with van der Waals surface area (Å²) in [5.74, 6) is 3.51. The Morgan fingerprint density at radius 2 is 1.19 bits per heavy atom. The maximum atomic E-state index is 13.8. The van der Waals surface area contributed by atoms with Gasteiger partial charge in [0.15, 0.2) is 0 Å². The van der Waals surface area contributed by atoms with E-state index in [4.69, 9.17) is 8.85 Å². The van der Waals surface area contributed by atoms with Crippen molar-refractivity contribution in [2.24, 2.45) is 35.5 Å². The van der Waals surface area contributed by atoms with Crippen LogP contribution in [0.3, 0.4) is 0 Å². The number of hydrogen-bond donors (Lipinski definition) is 0. The van der Waals surface area contributed by atoms with E-state index < -0.39 is 8.56 Å². The van der Waals surface area contributed by atoms with Gasteiger partial charge in [-0.15, -0.1) is 0 Å². The number of halogens is 1. The molecule has 2 nitrogen and oxygen atoms in total. The predicted octanol–water partition coefficient (Wildman–Crippen LogP) is 7.06. The van der Waals surface area contributed by atoms with Crippen molar-refractivity contribution < 1.29 is 13.2 Å². The SMILES string of the molecule is CC1CCC(C(C)C)C(O[Si](C)(OC2CC(C)CCC2C(C)C)c2ccc(F)cc2)C1. The van der Waals surface area contributed by atoms with Gasteiger partial charge in [0.1, 0.15) is 5.82 Å². The van der Waals surface area contributed by atoms with Crippen LogP contribution in [0.4, 0.5) is 4.39 Å². The van der Waals surface area contributed by atoms with Crippen molar-refractivity contribution >= 4 is 13.7 Å². The summed E-state index contributed by atoms with van der Waals surface area (Å²) in [6, 6.07) is 6.96. The zero-order valence-electron chi connectivity index (χ0n) is 20.9. The summed E-state index contributed by atoms with van der Waals surface area (Å²) in [5, 5.41) is 1.07. The lowest BCUT2D eigenvalue weighted by atomic mass is 9.75. The molecule has 0 radical (unpaired) electrons. The summed E-state index contributed by atoms with van der Waals surface area (Å²) < 4.78 is 28.0. The van der Waals surface area contributed by atoms with Crippen LogP contribution in [0.2, 0.25) is 6.55 Å². The molecule has 1 aromatic carbocycles. The molecule has 0 bridgehead atoms. The van der Waals surface area contributed by atoms with E-state index in [0.29, 0.717) is 35.5 Å². The second kappa shape index (κ2) is 10.5. The molecule has 2 aliphatic rings. The van der Waals surface area contributed by atoms with Gasteiger partial charge in [0.25, 0.3) is 0 Å². The first-order valence-electron chi connectivity index (χ1n) is 12.7. The fraction of sp³-hybridized carbons (Fsp3) is 0.778. The minimum atomic E-state index is -2.72. The Balaban J connectivity index is 1.92. The monoisotopic (exact) mass is 448 g/mol. The molecule has 176 valence electrons. The lowest BCUT2D eigenvalue weighted by molar-refractivity contribution is -0.0205. The highest BCUT2D eigenvalue weighted by atomic mass is 28.4. The molecule has 0 N–H and O–H groups in total. The summed E-state index contributed by atoms with van der Waals surface area (Å²) in [4.78, 5) is 0. The highest BCUT2D eigenvalue weighted by Crippen LogP contribution is 2.40. The molecule has 2 fully saturated rings. The van der Waals surface area contributed by atoms with Gasteiger partial charge in [-0.1, -0.05) is 66.5 Å². The minimum absolute atomic E-state index is 0.196. The largest absolute Gasteiger partial charge is 0.388 e. The molecule has 4 heteroatoms. The highest BCUT2D eigenvalue weighted by molar-refractivity contribution is 6.80. The van der Waals surface area contributed by atoms with E-state index in [-0.39, 0.29) is 18.0 Å². The lowest BCUT2D eigenvalue weighted by Gasteiger charge is -2.45. The molecule has 1 aromatic rings. The van der Waals surface area contributed by atoms with Gasteiger partial charge in [0.05, 0.1) is 12.2 Å².